The lowest BCUT2D eigenvalue weighted by atomic mass is 10.2. The van der Waals surface area contributed by atoms with E-state index in [9.17, 15) is 9.18 Å². The third-order valence-electron chi connectivity index (χ3n) is 3.45. The summed E-state index contributed by atoms with van der Waals surface area (Å²) in [7, 11) is 0. The molecule has 0 radical (unpaired) electrons. The first-order chi connectivity index (χ1) is 12.6. The van der Waals surface area contributed by atoms with Gasteiger partial charge in [-0.25, -0.2) is 4.39 Å². The van der Waals surface area contributed by atoms with Gasteiger partial charge in [-0.15, -0.1) is 10.2 Å². The number of thioether (sulfide) groups is 1. The zero-order valence-electron chi connectivity index (χ0n) is 13.6. The molecule has 0 fully saturated rings. The van der Waals surface area contributed by atoms with Crippen molar-refractivity contribution in [1.29, 1.82) is 5.26 Å². The zero-order valence-corrected chi connectivity index (χ0v) is 14.5. The summed E-state index contributed by atoms with van der Waals surface area (Å²) in [6.45, 7) is 1.69. The molecule has 3 aromatic rings. The highest BCUT2D eigenvalue weighted by atomic mass is 32.2. The number of hydrogen-bond donors (Lipinski definition) is 1. The van der Waals surface area contributed by atoms with Gasteiger partial charge in [-0.2, -0.15) is 5.26 Å². The SMILES string of the molecule is C[C@@H](Sc1nnc(-c2ccc(F)cc2)o1)C(=O)Nc1ccccc1C#N. The molecular formula is C18H13FN4O2S. The van der Waals surface area contributed by atoms with Crippen LogP contribution in [0, 0.1) is 17.1 Å². The number of carbonyl (C=O) groups is 1. The Bertz CT molecular complexity index is 966. The van der Waals surface area contributed by atoms with Crippen LogP contribution in [0.25, 0.3) is 11.5 Å². The van der Waals surface area contributed by atoms with E-state index in [0.29, 0.717) is 16.8 Å². The van der Waals surface area contributed by atoms with Crippen LogP contribution in [0.4, 0.5) is 10.1 Å². The Morgan fingerprint density at radius 3 is 2.69 bits per heavy atom. The standard InChI is InChI=1S/C18H13FN4O2S/c1-11(16(24)21-15-5-3-2-4-13(15)10-20)26-18-23-22-17(25-18)12-6-8-14(19)9-7-12/h2-9,11H,1H3,(H,21,24)/t11-/m1/s1. The van der Waals surface area contributed by atoms with E-state index in [0.717, 1.165) is 11.8 Å². The van der Waals surface area contributed by atoms with Crippen molar-refractivity contribution in [3.8, 4) is 17.5 Å². The Morgan fingerprint density at radius 2 is 1.96 bits per heavy atom. The Balaban J connectivity index is 1.66. The van der Waals surface area contributed by atoms with Crippen LogP contribution in [0.3, 0.4) is 0 Å². The highest BCUT2D eigenvalue weighted by Crippen LogP contribution is 2.27. The third-order valence-corrected chi connectivity index (χ3v) is 4.38. The molecule has 2 aromatic carbocycles. The fourth-order valence-corrected chi connectivity index (χ4v) is 2.78. The fourth-order valence-electron chi connectivity index (χ4n) is 2.10. The van der Waals surface area contributed by atoms with E-state index in [-0.39, 0.29) is 22.8 Å². The summed E-state index contributed by atoms with van der Waals surface area (Å²) in [5, 5.41) is 19.3. The largest absolute Gasteiger partial charge is 0.411 e. The van der Waals surface area contributed by atoms with E-state index in [4.69, 9.17) is 9.68 Å². The lowest BCUT2D eigenvalue weighted by Gasteiger charge is -2.10. The number of nitrogens with one attached hydrogen (secondary N) is 1. The lowest BCUT2D eigenvalue weighted by molar-refractivity contribution is -0.115. The minimum Gasteiger partial charge on any atom is -0.411 e. The van der Waals surface area contributed by atoms with Gasteiger partial charge in [0.1, 0.15) is 11.9 Å². The molecule has 0 aliphatic heterocycles. The Kier molecular flexibility index (Phi) is 5.29. The number of aromatic nitrogens is 2. The average Bonchev–Trinajstić information content (AvgIpc) is 3.11. The summed E-state index contributed by atoms with van der Waals surface area (Å²) in [4.78, 5) is 12.3. The summed E-state index contributed by atoms with van der Waals surface area (Å²) < 4.78 is 18.5. The number of halogens is 1. The van der Waals surface area contributed by atoms with Gasteiger partial charge in [0.25, 0.3) is 5.22 Å². The molecule has 0 saturated heterocycles. The first-order valence-electron chi connectivity index (χ1n) is 7.63. The molecule has 1 N–H and O–H groups in total. The molecule has 1 aromatic heterocycles. The van der Waals surface area contributed by atoms with Gasteiger partial charge in [0, 0.05) is 5.56 Å². The van der Waals surface area contributed by atoms with Crippen LogP contribution in [0.2, 0.25) is 0 Å². The number of carbonyl (C=O) groups excluding carboxylic acids is 1. The molecule has 0 unspecified atom stereocenters. The molecule has 0 aliphatic carbocycles. The first kappa shape index (κ1) is 17.6. The van der Waals surface area contributed by atoms with Crippen LogP contribution in [0.15, 0.2) is 58.2 Å². The van der Waals surface area contributed by atoms with Gasteiger partial charge in [-0.1, -0.05) is 23.9 Å². The molecular weight excluding hydrogens is 355 g/mol. The minimum atomic E-state index is -0.525. The second-order valence-electron chi connectivity index (χ2n) is 5.29. The van der Waals surface area contributed by atoms with E-state index in [1.165, 1.54) is 24.3 Å². The minimum absolute atomic E-state index is 0.223. The first-order valence-corrected chi connectivity index (χ1v) is 8.51. The van der Waals surface area contributed by atoms with E-state index in [1.54, 1.807) is 31.2 Å². The van der Waals surface area contributed by atoms with E-state index in [2.05, 4.69) is 15.5 Å². The van der Waals surface area contributed by atoms with Crippen molar-refractivity contribution in [2.75, 3.05) is 5.32 Å². The number of para-hydroxylation sites is 1. The van der Waals surface area contributed by atoms with Gasteiger partial charge in [0.2, 0.25) is 11.8 Å². The predicted octanol–water partition coefficient (Wildman–Crippen LogP) is 3.87. The van der Waals surface area contributed by atoms with Crippen LogP contribution < -0.4 is 5.32 Å². The summed E-state index contributed by atoms with van der Waals surface area (Å²) in [5.74, 6) is -0.403. The van der Waals surface area contributed by atoms with Gasteiger partial charge in [-0.3, -0.25) is 4.79 Å². The molecule has 0 bridgehead atoms. The van der Waals surface area contributed by atoms with Gasteiger partial charge in [0.05, 0.1) is 16.5 Å². The number of nitriles is 1. The summed E-state index contributed by atoms with van der Waals surface area (Å²) in [5.41, 5.74) is 1.42. The van der Waals surface area contributed by atoms with Crippen LogP contribution in [0.1, 0.15) is 12.5 Å². The van der Waals surface area contributed by atoms with E-state index < -0.39 is 5.25 Å². The quantitative estimate of drug-likeness (QED) is 0.688. The van der Waals surface area contributed by atoms with Crippen molar-refractivity contribution in [3.05, 3.63) is 59.9 Å². The maximum Gasteiger partial charge on any atom is 0.277 e. The molecule has 0 saturated carbocycles. The second kappa shape index (κ2) is 7.80. The van der Waals surface area contributed by atoms with Crippen LogP contribution in [-0.2, 0) is 4.79 Å². The fraction of sp³-hybridized carbons (Fsp3) is 0.111. The molecule has 8 heteroatoms. The van der Waals surface area contributed by atoms with Gasteiger partial charge >= 0.3 is 0 Å². The number of nitrogens with zero attached hydrogens (tertiary/aromatic N) is 3. The number of rotatable bonds is 5. The zero-order chi connectivity index (χ0) is 18.5. The number of anilines is 1. The van der Waals surface area contributed by atoms with Gasteiger partial charge < -0.3 is 9.73 Å². The number of benzene rings is 2. The normalized spacial score (nSPS) is 11.6. The Morgan fingerprint density at radius 1 is 1.23 bits per heavy atom. The monoisotopic (exact) mass is 368 g/mol. The summed E-state index contributed by atoms with van der Waals surface area (Å²) >= 11 is 1.09. The lowest BCUT2D eigenvalue weighted by Crippen LogP contribution is -2.22. The molecule has 3 rings (SSSR count). The molecule has 0 aliphatic rings. The molecule has 1 heterocycles. The van der Waals surface area contributed by atoms with Gasteiger partial charge in [-0.05, 0) is 43.3 Å². The van der Waals surface area contributed by atoms with Crippen molar-refractivity contribution >= 4 is 23.4 Å². The Labute approximate surface area is 153 Å². The predicted molar refractivity (Wildman–Crippen MR) is 94.8 cm³/mol. The van der Waals surface area contributed by atoms with Crippen molar-refractivity contribution < 1.29 is 13.6 Å². The topological polar surface area (TPSA) is 91.8 Å². The second-order valence-corrected chi connectivity index (χ2v) is 6.58. The maximum absolute atomic E-state index is 13.0. The highest BCUT2D eigenvalue weighted by Gasteiger charge is 2.19. The van der Waals surface area contributed by atoms with E-state index in [1.807, 2.05) is 6.07 Å². The van der Waals surface area contributed by atoms with Crippen LogP contribution >= 0.6 is 11.8 Å². The third kappa shape index (κ3) is 4.07. The number of hydrogen-bond acceptors (Lipinski definition) is 6. The maximum atomic E-state index is 13.0. The summed E-state index contributed by atoms with van der Waals surface area (Å²) in [6, 6.07) is 14.4. The molecule has 0 spiro atoms. The van der Waals surface area contributed by atoms with Crippen molar-refractivity contribution in [1.82, 2.24) is 10.2 Å². The van der Waals surface area contributed by atoms with Crippen molar-refractivity contribution in [2.45, 2.75) is 17.4 Å². The van der Waals surface area contributed by atoms with Crippen LogP contribution in [-0.4, -0.2) is 21.4 Å². The van der Waals surface area contributed by atoms with Crippen molar-refractivity contribution in [2.24, 2.45) is 0 Å². The molecule has 6 nitrogen and oxygen atoms in total. The molecule has 26 heavy (non-hydrogen) atoms. The molecule has 1 amide bonds. The van der Waals surface area contributed by atoms with E-state index >= 15 is 0 Å². The molecule has 1 atom stereocenters. The van der Waals surface area contributed by atoms with Gasteiger partial charge in [0.15, 0.2) is 0 Å². The molecule has 130 valence electrons. The smallest absolute Gasteiger partial charge is 0.277 e. The Hall–Kier alpha value is -3.18. The van der Waals surface area contributed by atoms with Crippen LogP contribution in [0.5, 0.6) is 0 Å². The van der Waals surface area contributed by atoms with Crippen molar-refractivity contribution in [3.63, 3.8) is 0 Å². The average molecular weight is 368 g/mol. The highest BCUT2D eigenvalue weighted by molar-refractivity contribution is 8.00. The summed E-state index contributed by atoms with van der Waals surface area (Å²) in [6.07, 6.45) is 0. The number of amides is 1.